The number of aliphatic hydroxyl groups excluding tert-OH is 1. The minimum atomic E-state index is -0.833. The van der Waals surface area contributed by atoms with E-state index < -0.39 is 5.97 Å². The highest BCUT2D eigenvalue weighted by molar-refractivity contribution is 6.40. The molecule has 0 aromatic rings. The predicted molar refractivity (Wildman–Crippen MR) is 71.5 cm³/mol. The highest BCUT2D eigenvalue weighted by Gasteiger charge is 1.89. The van der Waals surface area contributed by atoms with Gasteiger partial charge in [-0.25, -0.2) is 0 Å². The average Bonchev–Trinajstić information content (AvgIpc) is 2.24. The molecule has 4 nitrogen and oxygen atoms in total. The molecule has 0 saturated heterocycles. The van der Waals surface area contributed by atoms with Gasteiger partial charge in [0.05, 0.1) is 5.34 Å². The van der Waals surface area contributed by atoms with Crippen molar-refractivity contribution in [2.24, 2.45) is 0 Å². The molecule has 16 heavy (non-hydrogen) atoms. The first-order chi connectivity index (χ1) is 7.49. The summed E-state index contributed by atoms with van der Waals surface area (Å²) in [5.41, 5.74) is 0. The third-order valence-electron chi connectivity index (χ3n) is 1.34. The van der Waals surface area contributed by atoms with Crippen molar-refractivity contribution in [1.29, 1.82) is 0 Å². The molecule has 0 aliphatic carbocycles. The van der Waals surface area contributed by atoms with Crippen molar-refractivity contribution >= 4 is 29.2 Å². The van der Waals surface area contributed by atoms with Crippen LogP contribution in [0.1, 0.15) is 27.7 Å². The number of carboxylic acids is 1. The number of hydrogen-bond acceptors (Lipinski definition) is 3. The van der Waals surface area contributed by atoms with Gasteiger partial charge in [-0.1, -0.05) is 20.8 Å². The van der Waals surface area contributed by atoms with Crippen molar-refractivity contribution in [3.63, 3.8) is 0 Å². The molecular weight excluding hydrogens is 253 g/mol. The molecule has 0 aliphatic heterocycles. The fraction of sp³-hybridized carbons (Fsp3) is 0.900. The lowest BCUT2D eigenvalue weighted by molar-refractivity contribution is -0.134. The lowest BCUT2D eigenvalue weighted by atomic mass is 10.5. The van der Waals surface area contributed by atoms with Crippen molar-refractivity contribution in [1.82, 2.24) is 4.90 Å². The quantitative estimate of drug-likeness (QED) is 0.778. The van der Waals surface area contributed by atoms with E-state index in [9.17, 15) is 0 Å². The van der Waals surface area contributed by atoms with Gasteiger partial charge in [0.2, 0.25) is 0 Å². The Kier molecular flexibility index (Phi) is 45.9. The predicted octanol–water partition coefficient (Wildman–Crippen LogP) is 2.47. The van der Waals surface area contributed by atoms with Crippen molar-refractivity contribution in [3.05, 3.63) is 0 Å². The van der Waals surface area contributed by atoms with E-state index in [4.69, 9.17) is 38.2 Å². The Hall–Kier alpha value is -0.0300. The van der Waals surface area contributed by atoms with Gasteiger partial charge in [0.1, 0.15) is 0 Å². The van der Waals surface area contributed by atoms with Crippen LogP contribution >= 0.6 is 23.2 Å². The molecular formula is C10H25Cl2NO3. The summed E-state index contributed by atoms with van der Waals surface area (Å²) in [6.07, 6.45) is 0. The first kappa shape index (κ1) is 25.0. The zero-order valence-electron chi connectivity index (χ0n) is 10.8. The Labute approximate surface area is 109 Å². The SMILES string of the molecule is CC(=O)O.CCN(CC)CC.CO.ClCCl. The molecule has 0 radical (unpaired) electrons. The van der Waals surface area contributed by atoms with Crippen molar-refractivity contribution in [3.8, 4) is 0 Å². The van der Waals surface area contributed by atoms with Gasteiger partial charge < -0.3 is 15.1 Å². The number of aliphatic hydroxyl groups is 1. The third kappa shape index (κ3) is 65.9. The summed E-state index contributed by atoms with van der Waals surface area (Å²) in [4.78, 5) is 11.4. The molecule has 0 aliphatic rings. The first-order valence-electron chi connectivity index (χ1n) is 4.98. The summed E-state index contributed by atoms with van der Waals surface area (Å²) in [5.74, 6) is -0.833. The van der Waals surface area contributed by atoms with E-state index in [0.29, 0.717) is 0 Å². The van der Waals surface area contributed by atoms with E-state index >= 15 is 0 Å². The second kappa shape index (κ2) is 29.4. The number of alkyl halides is 2. The molecule has 0 unspecified atom stereocenters. The Morgan fingerprint density at radius 2 is 1.19 bits per heavy atom. The second-order valence-corrected chi connectivity index (χ2v) is 3.05. The van der Waals surface area contributed by atoms with Crippen LogP contribution in [0.25, 0.3) is 0 Å². The van der Waals surface area contributed by atoms with Crippen LogP contribution in [-0.4, -0.2) is 53.2 Å². The van der Waals surface area contributed by atoms with Gasteiger partial charge >= 0.3 is 0 Å². The van der Waals surface area contributed by atoms with Gasteiger partial charge in [-0.15, -0.1) is 23.2 Å². The number of carbonyl (C=O) groups is 1. The smallest absolute Gasteiger partial charge is 0.300 e. The standard InChI is InChI=1S/C6H15N.C2H4O2.CH2Cl2.CH4O/c1-4-7(5-2)6-3;1-2(3)4;2-1-3;1-2/h4-6H2,1-3H3;1H3,(H,3,4);1H2;2H,1H3. The number of hydrogen-bond donors (Lipinski definition) is 2. The van der Waals surface area contributed by atoms with E-state index in [1.165, 1.54) is 19.6 Å². The van der Waals surface area contributed by atoms with Crippen molar-refractivity contribution < 1.29 is 15.0 Å². The normalized spacial score (nSPS) is 7.56. The highest BCUT2D eigenvalue weighted by atomic mass is 35.5. The molecule has 0 spiro atoms. The molecule has 102 valence electrons. The average molecular weight is 278 g/mol. The van der Waals surface area contributed by atoms with Crippen molar-refractivity contribution in [2.75, 3.05) is 32.1 Å². The molecule has 0 saturated carbocycles. The molecule has 0 atom stereocenters. The maximum absolute atomic E-state index is 9.00. The Bertz CT molecular complexity index is 103. The van der Waals surface area contributed by atoms with Crippen molar-refractivity contribution in [2.45, 2.75) is 27.7 Å². The van der Waals surface area contributed by atoms with Gasteiger partial charge in [-0.05, 0) is 19.6 Å². The van der Waals surface area contributed by atoms with Crippen LogP contribution in [0.2, 0.25) is 0 Å². The van der Waals surface area contributed by atoms with Crippen LogP contribution in [0.4, 0.5) is 0 Å². The van der Waals surface area contributed by atoms with E-state index in [2.05, 4.69) is 25.7 Å². The molecule has 0 aromatic heterocycles. The fourth-order valence-electron chi connectivity index (χ4n) is 0.671. The molecule has 0 aromatic carbocycles. The third-order valence-corrected chi connectivity index (χ3v) is 1.34. The number of halogens is 2. The van der Waals surface area contributed by atoms with Crippen LogP contribution in [0.3, 0.4) is 0 Å². The molecule has 6 heteroatoms. The summed E-state index contributed by atoms with van der Waals surface area (Å²) in [5, 5.41) is 14.6. The number of nitrogens with zero attached hydrogens (tertiary/aromatic N) is 1. The zero-order valence-corrected chi connectivity index (χ0v) is 12.3. The number of rotatable bonds is 3. The van der Waals surface area contributed by atoms with Gasteiger partial charge in [0.15, 0.2) is 0 Å². The maximum Gasteiger partial charge on any atom is 0.300 e. The van der Waals surface area contributed by atoms with E-state index in [1.807, 2.05) is 0 Å². The number of aliphatic carboxylic acids is 1. The maximum atomic E-state index is 9.00. The summed E-state index contributed by atoms with van der Waals surface area (Å²) < 4.78 is 0. The summed E-state index contributed by atoms with van der Waals surface area (Å²) in [6.45, 7) is 11.2. The molecule has 0 amide bonds. The Morgan fingerprint density at radius 3 is 1.19 bits per heavy atom. The summed E-state index contributed by atoms with van der Waals surface area (Å²) in [6, 6.07) is 0. The van der Waals surface area contributed by atoms with E-state index in [1.54, 1.807) is 0 Å². The van der Waals surface area contributed by atoms with Crippen LogP contribution in [-0.2, 0) is 4.79 Å². The molecule has 0 heterocycles. The molecule has 0 fully saturated rings. The second-order valence-electron chi connectivity index (χ2n) is 2.24. The lowest BCUT2D eigenvalue weighted by Gasteiger charge is -2.13. The molecule has 0 rings (SSSR count). The topological polar surface area (TPSA) is 60.8 Å². The lowest BCUT2D eigenvalue weighted by Crippen LogP contribution is -2.21. The zero-order chi connectivity index (χ0) is 14.0. The summed E-state index contributed by atoms with van der Waals surface area (Å²) >= 11 is 9.53. The Morgan fingerprint density at radius 1 is 1.06 bits per heavy atom. The minimum Gasteiger partial charge on any atom is -0.481 e. The summed E-state index contributed by atoms with van der Waals surface area (Å²) in [7, 11) is 1.00. The van der Waals surface area contributed by atoms with Gasteiger partial charge in [-0.2, -0.15) is 0 Å². The van der Waals surface area contributed by atoms with Gasteiger partial charge in [0, 0.05) is 14.0 Å². The first-order valence-corrected chi connectivity index (χ1v) is 6.05. The largest absolute Gasteiger partial charge is 0.481 e. The molecule has 2 N–H and O–H groups in total. The van der Waals surface area contributed by atoms with E-state index in [-0.39, 0.29) is 5.34 Å². The van der Waals surface area contributed by atoms with E-state index in [0.717, 1.165) is 14.0 Å². The fourth-order valence-corrected chi connectivity index (χ4v) is 0.671. The van der Waals surface area contributed by atoms with Crippen LogP contribution in [0.15, 0.2) is 0 Å². The van der Waals surface area contributed by atoms with Crippen LogP contribution in [0, 0.1) is 0 Å². The van der Waals surface area contributed by atoms with Gasteiger partial charge in [0.25, 0.3) is 5.97 Å². The number of carboxylic acid groups (broad SMARTS) is 1. The van der Waals surface area contributed by atoms with Gasteiger partial charge in [-0.3, -0.25) is 4.79 Å². The Balaban J connectivity index is -0.0000000685. The van der Waals surface area contributed by atoms with Crippen LogP contribution in [0.5, 0.6) is 0 Å². The molecule has 0 bridgehead atoms. The minimum absolute atomic E-state index is 0.194. The van der Waals surface area contributed by atoms with Crippen LogP contribution < -0.4 is 0 Å². The highest BCUT2D eigenvalue weighted by Crippen LogP contribution is 1.81. The monoisotopic (exact) mass is 277 g/mol.